The summed E-state index contributed by atoms with van der Waals surface area (Å²) in [6, 6.07) is 2.94. The first kappa shape index (κ1) is 15.8. The Bertz CT molecular complexity index is 688. The molecule has 6 heteroatoms. The number of hydrogen-bond acceptors (Lipinski definition) is 5. The molecule has 0 unspecified atom stereocenters. The van der Waals surface area contributed by atoms with E-state index in [0.717, 1.165) is 48.8 Å². The molecule has 0 N–H and O–H groups in total. The summed E-state index contributed by atoms with van der Waals surface area (Å²) in [5.74, 6) is 2.73. The Morgan fingerprint density at radius 3 is 2.75 bits per heavy atom. The summed E-state index contributed by atoms with van der Waals surface area (Å²) in [5, 5.41) is 4.38. The van der Waals surface area contributed by atoms with Crippen LogP contribution in [0.2, 0.25) is 0 Å². The van der Waals surface area contributed by atoms with Gasteiger partial charge in [-0.15, -0.1) is 0 Å². The van der Waals surface area contributed by atoms with Gasteiger partial charge in [0.05, 0.1) is 0 Å². The molecule has 2 aliphatic heterocycles. The van der Waals surface area contributed by atoms with Crippen LogP contribution in [0.15, 0.2) is 12.4 Å². The molecule has 4 rings (SSSR count). The summed E-state index contributed by atoms with van der Waals surface area (Å²) in [6.07, 6.45) is 7.78. The molecule has 2 fully saturated rings. The van der Waals surface area contributed by atoms with Crippen LogP contribution >= 0.6 is 0 Å². The van der Waals surface area contributed by atoms with E-state index in [1.54, 1.807) is 6.33 Å². The Balaban J connectivity index is 1.49. The lowest BCUT2D eigenvalue weighted by Gasteiger charge is -2.42. The molecule has 24 heavy (non-hydrogen) atoms. The minimum absolute atomic E-state index is 0.719. The molecule has 2 aliphatic rings. The maximum atomic E-state index is 4.56. The van der Waals surface area contributed by atoms with Gasteiger partial charge in [0.2, 0.25) is 0 Å². The summed E-state index contributed by atoms with van der Waals surface area (Å²) in [4.78, 5) is 14.0. The van der Waals surface area contributed by atoms with Crippen molar-refractivity contribution in [1.82, 2.24) is 24.5 Å². The van der Waals surface area contributed by atoms with E-state index in [4.69, 9.17) is 0 Å². The second-order valence-corrected chi connectivity index (χ2v) is 7.39. The van der Waals surface area contributed by atoms with Crippen LogP contribution in [0.25, 0.3) is 5.78 Å². The number of aromatic nitrogens is 4. The number of hydrogen-bond donors (Lipinski definition) is 0. The molecule has 4 heterocycles. The molecule has 0 bridgehead atoms. The smallest absolute Gasteiger partial charge is 0.254 e. The highest BCUT2D eigenvalue weighted by atomic mass is 15.4. The number of rotatable bonds is 3. The van der Waals surface area contributed by atoms with Crippen LogP contribution in [0.5, 0.6) is 0 Å². The lowest BCUT2D eigenvalue weighted by Crippen LogP contribution is -2.48. The second-order valence-electron chi connectivity index (χ2n) is 7.39. The zero-order valence-electron chi connectivity index (χ0n) is 14.9. The van der Waals surface area contributed by atoms with Crippen LogP contribution in [0.3, 0.4) is 0 Å². The minimum atomic E-state index is 0.719. The van der Waals surface area contributed by atoms with Crippen molar-refractivity contribution in [2.75, 3.05) is 31.1 Å². The zero-order valence-corrected chi connectivity index (χ0v) is 14.9. The molecule has 2 aromatic heterocycles. The van der Waals surface area contributed by atoms with E-state index in [2.05, 4.69) is 44.8 Å². The average molecular weight is 328 g/mol. The second kappa shape index (κ2) is 6.67. The number of likely N-dealkylation sites (tertiary alicyclic amines) is 1. The first-order chi connectivity index (χ1) is 11.7. The van der Waals surface area contributed by atoms with Gasteiger partial charge in [-0.25, -0.2) is 4.98 Å². The van der Waals surface area contributed by atoms with Crippen LogP contribution in [-0.4, -0.2) is 56.7 Å². The SMILES string of the molecule is CCc1cc(N2CCC(N3CCC[C@H](C)C3)CC2)n2ncnc2n1. The number of fused-ring (bicyclic) bond motifs is 1. The number of aryl methyl sites for hydroxylation is 1. The molecule has 0 aromatic carbocycles. The molecule has 0 saturated carbocycles. The van der Waals surface area contributed by atoms with E-state index < -0.39 is 0 Å². The van der Waals surface area contributed by atoms with E-state index in [1.807, 2.05) is 4.52 Å². The van der Waals surface area contributed by atoms with Gasteiger partial charge in [0.1, 0.15) is 12.1 Å². The van der Waals surface area contributed by atoms with Gasteiger partial charge in [0, 0.05) is 37.4 Å². The van der Waals surface area contributed by atoms with Crippen molar-refractivity contribution in [3.63, 3.8) is 0 Å². The normalized spacial score (nSPS) is 23.9. The molecule has 0 aliphatic carbocycles. The lowest BCUT2D eigenvalue weighted by atomic mass is 9.95. The highest BCUT2D eigenvalue weighted by Gasteiger charge is 2.28. The van der Waals surface area contributed by atoms with Crippen molar-refractivity contribution in [2.24, 2.45) is 5.92 Å². The predicted octanol–water partition coefficient (Wildman–Crippen LogP) is 2.39. The third-order valence-electron chi connectivity index (χ3n) is 5.64. The number of anilines is 1. The van der Waals surface area contributed by atoms with Crippen molar-refractivity contribution in [2.45, 2.75) is 52.0 Å². The zero-order chi connectivity index (χ0) is 16.5. The van der Waals surface area contributed by atoms with E-state index in [-0.39, 0.29) is 0 Å². The third kappa shape index (κ3) is 2.99. The molecule has 130 valence electrons. The fraction of sp³-hybridized carbons (Fsp3) is 0.722. The molecule has 1 atom stereocenters. The molecule has 2 saturated heterocycles. The van der Waals surface area contributed by atoms with Gasteiger partial charge in [-0.3, -0.25) is 4.90 Å². The van der Waals surface area contributed by atoms with Crippen molar-refractivity contribution < 1.29 is 0 Å². The number of nitrogens with zero attached hydrogens (tertiary/aromatic N) is 6. The van der Waals surface area contributed by atoms with Crippen LogP contribution in [0.4, 0.5) is 5.82 Å². The average Bonchev–Trinajstić information content (AvgIpc) is 3.09. The maximum absolute atomic E-state index is 4.56. The van der Waals surface area contributed by atoms with Crippen LogP contribution in [0.1, 0.15) is 45.2 Å². The van der Waals surface area contributed by atoms with Gasteiger partial charge in [0.15, 0.2) is 0 Å². The highest BCUT2D eigenvalue weighted by molar-refractivity contribution is 5.47. The van der Waals surface area contributed by atoms with Crippen molar-refractivity contribution in [1.29, 1.82) is 0 Å². The van der Waals surface area contributed by atoms with E-state index in [0.29, 0.717) is 0 Å². The standard InChI is InChI=1S/C18H28N6/c1-3-15-11-17(24-18(21-15)19-13-20-24)22-9-6-16(7-10-22)23-8-4-5-14(2)12-23/h11,13-14,16H,3-10,12H2,1-2H3/t14-/m0/s1. The fourth-order valence-corrected chi connectivity index (χ4v) is 4.27. The van der Waals surface area contributed by atoms with Crippen LogP contribution in [0, 0.1) is 5.92 Å². The monoisotopic (exact) mass is 328 g/mol. The first-order valence-corrected chi connectivity index (χ1v) is 9.43. The Morgan fingerprint density at radius 1 is 1.17 bits per heavy atom. The van der Waals surface area contributed by atoms with Gasteiger partial charge < -0.3 is 4.90 Å². The maximum Gasteiger partial charge on any atom is 0.254 e. The molecule has 0 radical (unpaired) electrons. The summed E-state index contributed by atoms with van der Waals surface area (Å²) < 4.78 is 1.89. The van der Waals surface area contributed by atoms with E-state index in [1.165, 1.54) is 38.8 Å². The Kier molecular flexibility index (Phi) is 4.39. The summed E-state index contributed by atoms with van der Waals surface area (Å²) in [6.45, 7) is 9.30. The van der Waals surface area contributed by atoms with Gasteiger partial charge in [0.25, 0.3) is 5.78 Å². The van der Waals surface area contributed by atoms with Crippen LogP contribution in [-0.2, 0) is 6.42 Å². The molecular weight excluding hydrogens is 300 g/mol. The topological polar surface area (TPSA) is 49.6 Å². The Morgan fingerprint density at radius 2 is 2.00 bits per heavy atom. The summed E-state index contributed by atoms with van der Waals surface area (Å²) in [7, 11) is 0. The lowest BCUT2D eigenvalue weighted by molar-refractivity contribution is 0.112. The quantitative estimate of drug-likeness (QED) is 0.866. The van der Waals surface area contributed by atoms with Crippen LogP contribution < -0.4 is 4.90 Å². The predicted molar refractivity (Wildman–Crippen MR) is 95.4 cm³/mol. The van der Waals surface area contributed by atoms with Gasteiger partial charge >= 0.3 is 0 Å². The van der Waals surface area contributed by atoms with Gasteiger partial charge in [-0.05, 0) is 44.6 Å². The largest absolute Gasteiger partial charge is 0.356 e. The third-order valence-corrected chi connectivity index (χ3v) is 5.64. The summed E-state index contributed by atoms with van der Waals surface area (Å²) in [5.41, 5.74) is 1.09. The van der Waals surface area contributed by atoms with Gasteiger partial charge in [-0.2, -0.15) is 14.6 Å². The molecule has 6 nitrogen and oxygen atoms in total. The highest BCUT2D eigenvalue weighted by Crippen LogP contribution is 2.26. The van der Waals surface area contributed by atoms with Gasteiger partial charge in [-0.1, -0.05) is 13.8 Å². The van der Waals surface area contributed by atoms with Crippen molar-refractivity contribution in [3.8, 4) is 0 Å². The Hall–Kier alpha value is -1.69. The molecule has 0 amide bonds. The molecule has 2 aromatic rings. The van der Waals surface area contributed by atoms with Crippen molar-refractivity contribution in [3.05, 3.63) is 18.1 Å². The molecule has 0 spiro atoms. The van der Waals surface area contributed by atoms with E-state index in [9.17, 15) is 0 Å². The molecular formula is C18H28N6. The fourth-order valence-electron chi connectivity index (χ4n) is 4.27. The van der Waals surface area contributed by atoms with Crippen molar-refractivity contribution >= 4 is 11.6 Å². The number of piperidine rings is 2. The summed E-state index contributed by atoms with van der Waals surface area (Å²) >= 11 is 0. The first-order valence-electron chi connectivity index (χ1n) is 9.43. The minimum Gasteiger partial charge on any atom is -0.356 e. The van der Waals surface area contributed by atoms with E-state index >= 15 is 0 Å². The Labute approximate surface area is 143 Å².